The highest BCUT2D eigenvalue weighted by Crippen LogP contribution is 2.22. The molecule has 1 aliphatic rings. The fourth-order valence-electron chi connectivity index (χ4n) is 3.30. The molecule has 1 fully saturated rings. The highest BCUT2D eigenvalue weighted by molar-refractivity contribution is 6.31. The van der Waals surface area contributed by atoms with Crippen molar-refractivity contribution in [2.45, 2.75) is 25.9 Å². The van der Waals surface area contributed by atoms with Crippen LogP contribution in [0.2, 0.25) is 5.02 Å². The van der Waals surface area contributed by atoms with E-state index in [0.29, 0.717) is 6.54 Å². The molecular weight excluding hydrogens is 348 g/mol. The van der Waals surface area contributed by atoms with Crippen LogP contribution in [-0.4, -0.2) is 31.0 Å². The minimum Gasteiger partial charge on any atom is -0.497 e. The molecule has 0 aromatic heterocycles. The van der Waals surface area contributed by atoms with E-state index in [9.17, 15) is 4.79 Å². The van der Waals surface area contributed by atoms with Gasteiger partial charge in [0.2, 0.25) is 5.91 Å². The number of halogens is 1. The maximum atomic E-state index is 12.4. The van der Waals surface area contributed by atoms with Crippen LogP contribution in [0.3, 0.4) is 0 Å². The van der Waals surface area contributed by atoms with Gasteiger partial charge in [-0.25, -0.2) is 0 Å². The average Bonchev–Trinajstić information content (AvgIpc) is 2.69. The van der Waals surface area contributed by atoms with Crippen LogP contribution in [0, 0.1) is 5.92 Å². The Kier molecular flexibility index (Phi) is 6.53. The zero-order chi connectivity index (χ0) is 18.4. The molecule has 0 atom stereocenters. The number of likely N-dealkylation sites (tertiary alicyclic amines) is 1. The summed E-state index contributed by atoms with van der Waals surface area (Å²) in [6, 6.07) is 15.7. The average molecular weight is 373 g/mol. The number of hydrogen-bond acceptors (Lipinski definition) is 3. The van der Waals surface area contributed by atoms with Gasteiger partial charge in [0.05, 0.1) is 7.11 Å². The van der Waals surface area contributed by atoms with Crippen molar-refractivity contribution in [2.24, 2.45) is 5.92 Å². The Morgan fingerprint density at radius 3 is 2.50 bits per heavy atom. The second-order valence-corrected chi connectivity index (χ2v) is 7.11. The van der Waals surface area contributed by atoms with Crippen molar-refractivity contribution in [1.29, 1.82) is 0 Å². The first kappa shape index (κ1) is 18.7. The molecule has 1 saturated heterocycles. The Hall–Kier alpha value is -2.04. The Morgan fingerprint density at radius 1 is 1.15 bits per heavy atom. The fraction of sp³-hybridized carbons (Fsp3) is 0.381. The minimum atomic E-state index is 0.0933. The molecule has 2 aromatic carbocycles. The number of piperidine rings is 1. The summed E-state index contributed by atoms with van der Waals surface area (Å²) in [5, 5.41) is 3.87. The van der Waals surface area contributed by atoms with Gasteiger partial charge in [-0.1, -0.05) is 41.9 Å². The standard InChI is InChI=1S/C21H25ClN2O2/c1-26-19-8-6-16(7-9-19)14-23-21(25)17-10-12-24(13-11-17)15-18-4-2-3-5-20(18)22/h2-9,17H,10-15H2,1H3,(H,23,25). The smallest absolute Gasteiger partial charge is 0.223 e. The normalized spacial score (nSPS) is 15.6. The van der Waals surface area contributed by atoms with Gasteiger partial charge in [0.15, 0.2) is 0 Å². The molecule has 1 amide bonds. The monoisotopic (exact) mass is 372 g/mol. The van der Waals surface area contributed by atoms with Crippen molar-refractivity contribution >= 4 is 17.5 Å². The molecule has 0 aliphatic carbocycles. The molecule has 0 bridgehead atoms. The van der Waals surface area contributed by atoms with Gasteiger partial charge in [-0.15, -0.1) is 0 Å². The van der Waals surface area contributed by atoms with E-state index < -0.39 is 0 Å². The number of carbonyl (C=O) groups is 1. The molecule has 4 nitrogen and oxygen atoms in total. The van der Waals surface area contributed by atoms with Gasteiger partial charge >= 0.3 is 0 Å². The molecule has 26 heavy (non-hydrogen) atoms. The van der Waals surface area contributed by atoms with E-state index in [1.165, 1.54) is 0 Å². The van der Waals surface area contributed by atoms with Crippen LogP contribution in [0.15, 0.2) is 48.5 Å². The Labute approximate surface area is 160 Å². The second-order valence-electron chi connectivity index (χ2n) is 6.71. The molecule has 5 heteroatoms. The number of amides is 1. The molecule has 0 spiro atoms. The van der Waals surface area contributed by atoms with Crippen LogP contribution in [0.4, 0.5) is 0 Å². The van der Waals surface area contributed by atoms with Gasteiger partial charge in [-0.2, -0.15) is 0 Å². The van der Waals surface area contributed by atoms with E-state index in [-0.39, 0.29) is 11.8 Å². The number of benzene rings is 2. The third kappa shape index (κ3) is 4.99. The lowest BCUT2D eigenvalue weighted by molar-refractivity contribution is -0.126. The number of carbonyl (C=O) groups excluding carboxylic acids is 1. The largest absolute Gasteiger partial charge is 0.497 e. The summed E-state index contributed by atoms with van der Waals surface area (Å²) in [6.07, 6.45) is 1.78. The lowest BCUT2D eigenvalue weighted by Gasteiger charge is -2.31. The van der Waals surface area contributed by atoms with Crippen LogP contribution in [-0.2, 0) is 17.9 Å². The van der Waals surface area contributed by atoms with E-state index in [2.05, 4.69) is 16.3 Å². The Bertz CT molecular complexity index is 725. The van der Waals surface area contributed by atoms with Crippen molar-refractivity contribution in [3.8, 4) is 5.75 Å². The van der Waals surface area contributed by atoms with E-state index in [4.69, 9.17) is 16.3 Å². The first-order valence-corrected chi connectivity index (χ1v) is 9.40. The summed E-state index contributed by atoms with van der Waals surface area (Å²) < 4.78 is 5.15. The van der Waals surface area contributed by atoms with Crippen LogP contribution < -0.4 is 10.1 Å². The van der Waals surface area contributed by atoms with E-state index >= 15 is 0 Å². The van der Waals surface area contributed by atoms with Crippen molar-refractivity contribution < 1.29 is 9.53 Å². The third-order valence-corrected chi connectivity index (χ3v) is 5.30. The Balaban J connectivity index is 1.43. The predicted molar refractivity (Wildman–Crippen MR) is 104 cm³/mol. The molecule has 1 N–H and O–H groups in total. The van der Waals surface area contributed by atoms with Crippen LogP contribution >= 0.6 is 11.6 Å². The van der Waals surface area contributed by atoms with Gasteiger partial charge in [0.25, 0.3) is 0 Å². The summed E-state index contributed by atoms with van der Waals surface area (Å²) in [5.41, 5.74) is 2.23. The number of rotatable bonds is 6. The summed E-state index contributed by atoms with van der Waals surface area (Å²) in [4.78, 5) is 14.8. The molecule has 1 heterocycles. The van der Waals surface area contributed by atoms with E-state index in [1.807, 2.05) is 42.5 Å². The van der Waals surface area contributed by atoms with Gasteiger partial charge in [-0.05, 0) is 55.3 Å². The van der Waals surface area contributed by atoms with Gasteiger partial charge < -0.3 is 10.1 Å². The molecular formula is C21H25ClN2O2. The van der Waals surface area contributed by atoms with Gasteiger partial charge in [-0.3, -0.25) is 9.69 Å². The predicted octanol–water partition coefficient (Wildman–Crippen LogP) is 3.88. The van der Waals surface area contributed by atoms with Crippen LogP contribution in [0.5, 0.6) is 5.75 Å². The number of methoxy groups -OCH3 is 1. The zero-order valence-electron chi connectivity index (χ0n) is 15.1. The number of ether oxygens (including phenoxy) is 1. The minimum absolute atomic E-state index is 0.0933. The van der Waals surface area contributed by atoms with E-state index in [0.717, 1.165) is 54.4 Å². The molecule has 2 aromatic rings. The number of nitrogens with one attached hydrogen (secondary N) is 1. The topological polar surface area (TPSA) is 41.6 Å². The molecule has 138 valence electrons. The highest BCUT2D eigenvalue weighted by atomic mass is 35.5. The molecule has 3 rings (SSSR count). The summed E-state index contributed by atoms with van der Waals surface area (Å²) in [5.74, 6) is 1.07. The fourth-order valence-corrected chi connectivity index (χ4v) is 3.49. The first-order valence-electron chi connectivity index (χ1n) is 9.02. The molecule has 1 aliphatic heterocycles. The van der Waals surface area contributed by atoms with Crippen molar-refractivity contribution in [1.82, 2.24) is 10.2 Å². The summed E-state index contributed by atoms with van der Waals surface area (Å²) in [7, 11) is 1.65. The molecule has 0 saturated carbocycles. The van der Waals surface area contributed by atoms with Crippen molar-refractivity contribution in [3.05, 3.63) is 64.7 Å². The zero-order valence-corrected chi connectivity index (χ0v) is 15.8. The SMILES string of the molecule is COc1ccc(CNC(=O)C2CCN(Cc3ccccc3Cl)CC2)cc1. The number of hydrogen-bond donors (Lipinski definition) is 1. The van der Waals surface area contributed by atoms with Gasteiger partial charge in [0.1, 0.15) is 5.75 Å². The number of nitrogens with zero attached hydrogens (tertiary/aromatic N) is 1. The summed E-state index contributed by atoms with van der Waals surface area (Å²) >= 11 is 6.24. The van der Waals surface area contributed by atoms with Crippen molar-refractivity contribution in [2.75, 3.05) is 20.2 Å². The van der Waals surface area contributed by atoms with Crippen LogP contribution in [0.1, 0.15) is 24.0 Å². The first-order chi connectivity index (χ1) is 12.7. The van der Waals surface area contributed by atoms with Gasteiger partial charge in [0, 0.05) is 24.0 Å². The quantitative estimate of drug-likeness (QED) is 0.836. The van der Waals surface area contributed by atoms with Crippen molar-refractivity contribution in [3.63, 3.8) is 0 Å². The lowest BCUT2D eigenvalue weighted by atomic mass is 9.95. The maximum absolute atomic E-state index is 12.4. The third-order valence-electron chi connectivity index (χ3n) is 4.94. The molecule has 0 unspecified atom stereocenters. The second kappa shape index (κ2) is 9.06. The van der Waals surface area contributed by atoms with Crippen LogP contribution in [0.25, 0.3) is 0 Å². The molecule has 0 radical (unpaired) electrons. The van der Waals surface area contributed by atoms with E-state index in [1.54, 1.807) is 7.11 Å². The maximum Gasteiger partial charge on any atom is 0.223 e. The Morgan fingerprint density at radius 2 is 1.85 bits per heavy atom. The highest BCUT2D eigenvalue weighted by Gasteiger charge is 2.25. The summed E-state index contributed by atoms with van der Waals surface area (Å²) in [6.45, 7) is 3.25. The lowest BCUT2D eigenvalue weighted by Crippen LogP contribution is -2.40.